The van der Waals surface area contributed by atoms with Crippen LogP contribution in [0.25, 0.3) is 0 Å². The Morgan fingerprint density at radius 3 is 2.60 bits per heavy atom. The van der Waals surface area contributed by atoms with E-state index in [0.29, 0.717) is 18.7 Å². The highest BCUT2D eigenvalue weighted by atomic mass is 16.5. The van der Waals surface area contributed by atoms with Crippen molar-refractivity contribution >= 4 is 17.5 Å². The fourth-order valence-corrected chi connectivity index (χ4v) is 3.58. The first-order valence-electron chi connectivity index (χ1n) is 8.47. The van der Waals surface area contributed by atoms with E-state index in [1.165, 1.54) is 0 Å². The van der Waals surface area contributed by atoms with Crippen LogP contribution in [-0.4, -0.2) is 41.5 Å². The number of para-hydroxylation sites is 1. The number of aromatic nitrogens is 1. The van der Waals surface area contributed by atoms with Crippen molar-refractivity contribution in [2.45, 2.75) is 39.2 Å². The molecule has 3 rings (SSSR count). The molecule has 25 heavy (non-hydrogen) atoms. The van der Waals surface area contributed by atoms with E-state index in [-0.39, 0.29) is 11.8 Å². The van der Waals surface area contributed by atoms with Gasteiger partial charge >= 0.3 is 0 Å². The lowest BCUT2D eigenvalue weighted by atomic mass is 9.97. The lowest BCUT2D eigenvalue weighted by Crippen LogP contribution is -2.44. The van der Waals surface area contributed by atoms with Gasteiger partial charge in [0.15, 0.2) is 0 Å². The standard InChI is InChI=1S/C19H23N3O3/c1-12(17-13(2)20-25-14(17)3)18(23)21(4)16-10-11-22(19(16)24)15-8-6-5-7-9-15/h5-9,12,16H,10-11H2,1-4H3/t12-,16+/m1/s1. The summed E-state index contributed by atoms with van der Waals surface area (Å²) in [6.07, 6.45) is 0.629. The molecular weight excluding hydrogens is 318 g/mol. The first-order chi connectivity index (χ1) is 11.9. The molecule has 6 nitrogen and oxygen atoms in total. The zero-order chi connectivity index (χ0) is 18.1. The van der Waals surface area contributed by atoms with Crippen molar-refractivity contribution in [2.75, 3.05) is 18.5 Å². The maximum Gasteiger partial charge on any atom is 0.249 e. The van der Waals surface area contributed by atoms with Gasteiger partial charge in [0.25, 0.3) is 0 Å². The summed E-state index contributed by atoms with van der Waals surface area (Å²) < 4.78 is 5.17. The molecule has 0 saturated carbocycles. The maximum absolute atomic E-state index is 12.9. The van der Waals surface area contributed by atoms with Crippen LogP contribution in [0.1, 0.15) is 36.3 Å². The first kappa shape index (κ1) is 17.2. The largest absolute Gasteiger partial charge is 0.361 e. The summed E-state index contributed by atoms with van der Waals surface area (Å²) in [6, 6.07) is 9.12. The quantitative estimate of drug-likeness (QED) is 0.857. The van der Waals surface area contributed by atoms with E-state index < -0.39 is 12.0 Å². The van der Waals surface area contributed by atoms with Gasteiger partial charge in [0, 0.05) is 24.8 Å². The molecular formula is C19H23N3O3. The van der Waals surface area contributed by atoms with E-state index in [0.717, 1.165) is 16.9 Å². The Morgan fingerprint density at radius 1 is 1.32 bits per heavy atom. The Kier molecular flexibility index (Phi) is 4.61. The second kappa shape index (κ2) is 6.70. The lowest BCUT2D eigenvalue weighted by molar-refractivity contribution is -0.137. The molecule has 0 unspecified atom stereocenters. The zero-order valence-corrected chi connectivity index (χ0v) is 15.0. The molecule has 2 aromatic rings. The molecule has 0 aliphatic carbocycles. The van der Waals surface area contributed by atoms with Crippen molar-refractivity contribution in [1.82, 2.24) is 10.1 Å². The fraction of sp³-hybridized carbons (Fsp3) is 0.421. The van der Waals surface area contributed by atoms with Gasteiger partial charge < -0.3 is 14.3 Å². The highest BCUT2D eigenvalue weighted by molar-refractivity contribution is 6.01. The van der Waals surface area contributed by atoms with Gasteiger partial charge in [0.1, 0.15) is 11.8 Å². The minimum atomic E-state index is -0.435. The van der Waals surface area contributed by atoms with E-state index in [1.807, 2.05) is 44.2 Å². The molecule has 2 atom stereocenters. The molecule has 1 aliphatic rings. The maximum atomic E-state index is 12.9. The van der Waals surface area contributed by atoms with Gasteiger partial charge in [0.2, 0.25) is 11.8 Å². The molecule has 1 aromatic heterocycles. The van der Waals surface area contributed by atoms with E-state index >= 15 is 0 Å². The molecule has 0 bridgehead atoms. The number of carbonyl (C=O) groups excluding carboxylic acids is 2. The minimum absolute atomic E-state index is 0.0342. The summed E-state index contributed by atoms with van der Waals surface area (Å²) in [7, 11) is 1.70. The Morgan fingerprint density at radius 2 is 2.00 bits per heavy atom. The molecule has 0 radical (unpaired) electrons. The second-order valence-corrected chi connectivity index (χ2v) is 6.54. The molecule has 1 aromatic carbocycles. The van der Waals surface area contributed by atoms with Gasteiger partial charge in [-0.25, -0.2) is 0 Å². The number of aryl methyl sites for hydroxylation is 2. The SMILES string of the molecule is Cc1noc(C)c1[C@@H](C)C(=O)N(C)[C@H]1CCN(c2ccccc2)C1=O. The molecule has 2 amide bonds. The summed E-state index contributed by atoms with van der Waals surface area (Å²) in [5.41, 5.74) is 2.40. The van der Waals surface area contributed by atoms with Crippen LogP contribution in [0.4, 0.5) is 5.69 Å². The van der Waals surface area contributed by atoms with Gasteiger partial charge in [-0.05, 0) is 39.3 Å². The van der Waals surface area contributed by atoms with Gasteiger partial charge in [-0.1, -0.05) is 23.4 Å². The number of nitrogens with zero attached hydrogens (tertiary/aromatic N) is 3. The van der Waals surface area contributed by atoms with E-state index in [4.69, 9.17) is 4.52 Å². The summed E-state index contributed by atoms with van der Waals surface area (Å²) in [5.74, 6) is 0.126. The predicted molar refractivity (Wildman–Crippen MR) is 94.4 cm³/mol. The highest BCUT2D eigenvalue weighted by Crippen LogP contribution is 2.28. The van der Waals surface area contributed by atoms with Gasteiger partial charge in [-0.15, -0.1) is 0 Å². The van der Waals surface area contributed by atoms with Gasteiger partial charge in [-0.2, -0.15) is 0 Å². The van der Waals surface area contributed by atoms with Crippen LogP contribution in [0.15, 0.2) is 34.9 Å². The number of likely N-dealkylation sites (N-methyl/N-ethyl adjacent to an activating group) is 1. The number of hydrogen-bond acceptors (Lipinski definition) is 4. The average molecular weight is 341 g/mol. The third-order valence-electron chi connectivity index (χ3n) is 4.95. The summed E-state index contributed by atoms with van der Waals surface area (Å²) in [4.78, 5) is 29.0. The molecule has 1 fully saturated rings. The van der Waals surface area contributed by atoms with E-state index in [1.54, 1.807) is 23.8 Å². The monoisotopic (exact) mass is 341 g/mol. The molecule has 0 spiro atoms. The van der Waals surface area contributed by atoms with Crippen molar-refractivity contribution in [3.05, 3.63) is 47.3 Å². The summed E-state index contributed by atoms with van der Waals surface area (Å²) >= 11 is 0. The molecule has 0 N–H and O–H groups in total. The van der Waals surface area contributed by atoms with Gasteiger partial charge in [0.05, 0.1) is 11.6 Å². The smallest absolute Gasteiger partial charge is 0.249 e. The molecule has 132 valence electrons. The molecule has 1 saturated heterocycles. The zero-order valence-electron chi connectivity index (χ0n) is 15.0. The van der Waals surface area contributed by atoms with Crippen molar-refractivity contribution < 1.29 is 14.1 Å². The van der Waals surface area contributed by atoms with Crippen LogP contribution in [-0.2, 0) is 9.59 Å². The van der Waals surface area contributed by atoms with Gasteiger partial charge in [-0.3, -0.25) is 9.59 Å². The van der Waals surface area contributed by atoms with Crippen molar-refractivity contribution in [3.63, 3.8) is 0 Å². The molecule has 1 aliphatic heterocycles. The number of hydrogen-bond donors (Lipinski definition) is 0. The van der Waals surface area contributed by atoms with Crippen LogP contribution in [0.3, 0.4) is 0 Å². The third-order valence-corrected chi connectivity index (χ3v) is 4.95. The molecule has 6 heteroatoms. The predicted octanol–water partition coefficient (Wildman–Crippen LogP) is 2.66. The van der Waals surface area contributed by atoms with Crippen molar-refractivity contribution in [1.29, 1.82) is 0 Å². The van der Waals surface area contributed by atoms with E-state index in [9.17, 15) is 9.59 Å². The van der Waals surface area contributed by atoms with Crippen molar-refractivity contribution in [2.24, 2.45) is 0 Å². The van der Waals surface area contributed by atoms with Crippen LogP contribution in [0, 0.1) is 13.8 Å². The van der Waals surface area contributed by atoms with E-state index in [2.05, 4.69) is 5.16 Å². The molecule has 2 heterocycles. The topological polar surface area (TPSA) is 66.7 Å². The Bertz CT molecular complexity index is 765. The third kappa shape index (κ3) is 3.04. The Balaban J connectivity index is 1.76. The number of benzene rings is 1. The number of amides is 2. The average Bonchev–Trinajstić information content (AvgIpc) is 3.16. The number of carbonyl (C=O) groups is 2. The highest BCUT2D eigenvalue weighted by Gasteiger charge is 2.39. The Hall–Kier alpha value is -2.63. The summed E-state index contributed by atoms with van der Waals surface area (Å²) in [6.45, 7) is 6.08. The van der Waals surface area contributed by atoms with Crippen LogP contribution in [0.2, 0.25) is 0 Å². The number of anilines is 1. The Labute approximate surface area is 147 Å². The normalized spacial score (nSPS) is 18.5. The van der Waals surface area contributed by atoms with Crippen LogP contribution in [0.5, 0.6) is 0 Å². The fourth-order valence-electron chi connectivity index (χ4n) is 3.58. The number of rotatable bonds is 4. The van der Waals surface area contributed by atoms with Crippen LogP contribution < -0.4 is 4.90 Å². The minimum Gasteiger partial charge on any atom is -0.361 e. The summed E-state index contributed by atoms with van der Waals surface area (Å²) in [5, 5.41) is 3.92. The van der Waals surface area contributed by atoms with Crippen molar-refractivity contribution in [3.8, 4) is 0 Å². The lowest BCUT2D eigenvalue weighted by Gasteiger charge is -2.26. The van der Waals surface area contributed by atoms with Crippen LogP contribution >= 0.6 is 0 Å². The first-order valence-corrected chi connectivity index (χ1v) is 8.47. The second-order valence-electron chi connectivity index (χ2n) is 6.54.